The Morgan fingerprint density at radius 1 is 1.20 bits per heavy atom. The Bertz CT molecular complexity index is 564. The van der Waals surface area contributed by atoms with E-state index in [1.165, 1.54) is 6.92 Å². The Hall–Kier alpha value is -2.61. The number of carbonyl (C=O) groups is 3. The summed E-state index contributed by atoms with van der Waals surface area (Å²) < 4.78 is 4.52. The van der Waals surface area contributed by atoms with E-state index in [1.54, 1.807) is 31.2 Å². The van der Waals surface area contributed by atoms with Gasteiger partial charge in [-0.1, -0.05) is 24.0 Å². The first-order valence-corrected chi connectivity index (χ1v) is 6.09. The third-order valence-corrected chi connectivity index (χ3v) is 2.32. The Balaban J connectivity index is 2.48. The van der Waals surface area contributed by atoms with Crippen LogP contribution in [0.4, 0.5) is 0 Å². The molecule has 1 N–H and O–H groups in total. The molecular formula is C15H15NO4. The highest BCUT2D eigenvalue weighted by Gasteiger charge is 2.12. The molecule has 1 aromatic carbocycles. The van der Waals surface area contributed by atoms with Crippen molar-refractivity contribution in [2.75, 3.05) is 13.2 Å². The van der Waals surface area contributed by atoms with E-state index in [1.807, 2.05) is 0 Å². The number of amides is 1. The van der Waals surface area contributed by atoms with E-state index in [9.17, 15) is 14.4 Å². The summed E-state index contributed by atoms with van der Waals surface area (Å²) in [5.41, 5.74) is 1.34. The molecule has 5 nitrogen and oxygen atoms in total. The Kier molecular flexibility index (Phi) is 5.98. The molecule has 0 aromatic heterocycles. The third-order valence-electron chi connectivity index (χ3n) is 2.32. The standard InChI is InChI=1S/C15H15NO4/c1-3-20-15(19)14(18)16-10-4-5-12-6-8-13(9-7-12)11(2)17/h6-9H,3,10H2,1-2H3,(H,16,18). The van der Waals surface area contributed by atoms with Gasteiger partial charge in [0.2, 0.25) is 0 Å². The van der Waals surface area contributed by atoms with Gasteiger partial charge < -0.3 is 10.1 Å². The first kappa shape index (κ1) is 15.4. The largest absolute Gasteiger partial charge is 0.459 e. The number of Topliss-reactive ketones (excluding diaryl/α,β-unsaturated/α-hetero) is 1. The number of ketones is 1. The summed E-state index contributed by atoms with van der Waals surface area (Å²) in [6.07, 6.45) is 0. The molecule has 0 saturated carbocycles. The zero-order valence-electron chi connectivity index (χ0n) is 11.4. The fourth-order valence-electron chi connectivity index (χ4n) is 1.33. The molecule has 5 heteroatoms. The summed E-state index contributed by atoms with van der Waals surface area (Å²) in [5.74, 6) is 3.78. The Labute approximate surface area is 117 Å². The van der Waals surface area contributed by atoms with Crippen LogP contribution in [0.2, 0.25) is 0 Å². The lowest BCUT2D eigenvalue weighted by Crippen LogP contribution is -2.32. The molecule has 0 fully saturated rings. The second-order valence-corrected chi connectivity index (χ2v) is 3.84. The van der Waals surface area contributed by atoms with Crippen molar-refractivity contribution in [1.82, 2.24) is 5.32 Å². The summed E-state index contributed by atoms with van der Waals surface area (Å²) in [5, 5.41) is 2.33. The van der Waals surface area contributed by atoms with Gasteiger partial charge >= 0.3 is 11.9 Å². The van der Waals surface area contributed by atoms with Crippen molar-refractivity contribution in [1.29, 1.82) is 0 Å². The van der Waals surface area contributed by atoms with Gasteiger partial charge in [0.1, 0.15) is 0 Å². The lowest BCUT2D eigenvalue weighted by atomic mass is 10.1. The molecule has 1 aromatic rings. The van der Waals surface area contributed by atoms with Crippen LogP contribution in [0.5, 0.6) is 0 Å². The van der Waals surface area contributed by atoms with Crippen LogP contribution in [0.3, 0.4) is 0 Å². The van der Waals surface area contributed by atoms with Gasteiger partial charge in [-0.05, 0) is 26.0 Å². The second-order valence-electron chi connectivity index (χ2n) is 3.84. The van der Waals surface area contributed by atoms with Gasteiger partial charge in [0.05, 0.1) is 13.2 Å². The first-order chi connectivity index (χ1) is 9.54. The highest BCUT2D eigenvalue weighted by molar-refractivity contribution is 6.32. The van der Waals surface area contributed by atoms with E-state index < -0.39 is 11.9 Å². The minimum atomic E-state index is -0.917. The lowest BCUT2D eigenvalue weighted by Gasteiger charge is -2.00. The van der Waals surface area contributed by atoms with Crippen molar-refractivity contribution in [2.45, 2.75) is 13.8 Å². The van der Waals surface area contributed by atoms with Gasteiger partial charge in [-0.25, -0.2) is 4.79 Å². The van der Waals surface area contributed by atoms with Crippen LogP contribution < -0.4 is 5.32 Å². The number of ether oxygens (including phenoxy) is 1. The minimum Gasteiger partial charge on any atom is -0.459 e. The number of hydrogen-bond donors (Lipinski definition) is 1. The van der Waals surface area contributed by atoms with Crippen molar-refractivity contribution >= 4 is 17.7 Å². The van der Waals surface area contributed by atoms with Gasteiger partial charge in [0, 0.05) is 11.1 Å². The van der Waals surface area contributed by atoms with Gasteiger partial charge in [-0.3, -0.25) is 9.59 Å². The number of rotatable bonds is 3. The van der Waals surface area contributed by atoms with Crippen molar-refractivity contribution in [3.63, 3.8) is 0 Å². The van der Waals surface area contributed by atoms with E-state index in [2.05, 4.69) is 21.9 Å². The molecule has 0 aliphatic heterocycles. The zero-order chi connectivity index (χ0) is 15.0. The summed E-state index contributed by atoms with van der Waals surface area (Å²) in [6, 6.07) is 6.81. The van der Waals surface area contributed by atoms with Crippen LogP contribution >= 0.6 is 0 Å². The highest BCUT2D eigenvalue weighted by atomic mass is 16.5. The van der Waals surface area contributed by atoms with E-state index in [4.69, 9.17) is 0 Å². The molecule has 0 saturated heterocycles. The minimum absolute atomic E-state index is 0.00814. The first-order valence-electron chi connectivity index (χ1n) is 6.09. The number of esters is 1. The summed E-state index contributed by atoms with van der Waals surface area (Å²) >= 11 is 0. The quantitative estimate of drug-likeness (QED) is 0.385. The second kappa shape index (κ2) is 7.74. The van der Waals surface area contributed by atoms with Gasteiger partial charge in [0.15, 0.2) is 5.78 Å². The fraction of sp³-hybridized carbons (Fsp3) is 0.267. The monoisotopic (exact) mass is 273 g/mol. The highest BCUT2D eigenvalue weighted by Crippen LogP contribution is 2.03. The molecule has 0 bridgehead atoms. The molecule has 0 aliphatic carbocycles. The molecule has 104 valence electrons. The van der Waals surface area contributed by atoms with E-state index in [0.717, 1.165) is 5.56 Å². The van der Waals surface area contributed by atoms with Crippen LogP contribution in [0.25, 0.3) is 0 Å². The fourth-order valence-corrected chi connectivity index (χ4v) is 1.33. The van der Waals surface area contributed by atoms with Crippen LogP contribution in [0.15, 0.2) is 24.3 Å². The Morgan fingerprint density at radius 3 is 2.40 bits per heavy atom. The van der Waals surface area contributed by atoms with Gasteiger partial charge in [0.25, 0.3) is 0 Å². The molecule has 1 amide bonds. The molecule has 20 heavy (non-hydrogen) atoms. The van der Waals surface area contributed by atoms with Crippen molar-refractivity contribution in [3.05, 3.63) is 35.4 Å². The molecule has 1 rings (SSSR count). The van der Waals surface area contributed by atoms with Crippen LogP contribution in [0.1, 0.15) is 29.8 Å². The average Bonchev–Trinajstić information content (AvgIpc) is 2.44. The van der Waals surface area contributed by atoms with Crippen molar-refractivity contribution in [3.8, 4) is 11.8 Å². The van der Waals surface area contributed by atoms with E-state index in [0.29, 0.717) is 5.56 Å². The number of nitrogens with one attached hydrogen (secondary N) is 1. The number of carbonyl (C=O) groups excluding carboxylic acids is 3. The zero-order valence-corrected chi connectivity index (χ0v) is 11.4. The topological polar surface area (TPSA) is 72.5 Å². The Morgan fingerprint density at radius 2 is 1.85 bits per heavy atom. The van der Waals surface area contributed by atoms with E-state index in [-0.39, 0.29) is 18.9 Å². The molecule has 0 atom stereocenters. The van der Waals surface area contributed by atoms with Gasteiger partial charge in [-0.2, -0.15) is 0 Å². The maximum absolute atomic E-state index is 11.2. The molecule has 0 spiro atoms. The van der Waals surface area contributed by atoms with Crippen LogP contribution in [-0.4, -0.2) is 30.8 Å². The van der Waals surface area contributed by atoms with Crippen LogP contribution in [-0.2, 0) is 14.3 Å². The normalized spacial score (nSPS) is 9.10. The SMILES string of the molecule is CCOC(=O)C(=O)NCC#Cc1ccc(C(C)=O)cc1. The summed E-state index contributed by atoms with van der Waals surface area (Å²) in [6.45, 7) is 3.31. The number of benzene rings is 1. The smallest absolute Gasteiger partial charge is 0.396 e. The molecule has 0 aliphatic rings. The maximum atomic E-state index is 11.2. The van der Waals surface area contributed by atoms with Gasteiger partial charge in [-0.15, -0.1) is 0 Å². The third kappa shape index (κ3) is 4.94. The lowest BCUT2D eigenvalue weighted by molar-refractivity contribution is -0.154. The van der Waals surface area contributed by atoms with Crippen molar-refractivity contribution < 1.29 is 19.1 Å². The number of hydrogen-bond acceptors (Lipinski definition) is 4. The van der Waals surface area contributed by atoms with Crippen LogP contribution in [0, 0.1) is 11.8 Å². The van der Waals surface area contributed by atoms with Crippen molar-refractivity contribution in [2.24, 2.45) is 0 Å². The molecule has 0 heterocycles. The molecule has 0 unspecified atom stereocenters. The summed E-state index contributed by atoms with van der Waals surface area (Å²) in [4.78, 5) is 33.2. The average molecular weight is 273 g/mol. The predicted molar refractivity (Wildman–Crippen MR) is 73.0 cm³/mol. The predicted octanol–water partition coefficient (Wildman–Crippen LogP) is 0.920. The van der Waals surface area contributed by atoms with E-state index >= 15 is 0 Å². The molecule has 0 radical (unpaired) electrons. The summed E-state index contributed by atoms with van der Waals surface area (Å²) in [7, 11) is 0. The molecular weight excluding hydrogens is 258 g/mol. The maximum Gasteiger partial charge on any atom is 0.396 e.